The van der Waals surface area contributed by atoms with E-state index in [0.29, 0.717) is 56.2 Å². The first kappa shape index (κ1) is 29.9. The van der Waals surface area contributed by atoms with Gasteiger partial charge in [0.1, 0.15) is 5.60 Å². The number of nitrogens with zero attached hydrogens (tertiary/aromatic N) is 1. The van der Waals surface area contributed by atoms with Gasteiger partial charge in [0.15, 0.2) is 5.88 Å². The van der Waals surface area contributed by atoms with Gasteiger partial charge in [0.2, 0.25) is 0 Å². The number of rotatable bonds is 8. The number of likely N-dealkylation sites (tertiary alicyclic amines) is 1. The molecule has 1 aliphatic heterocycles. The summed E-state index contributed by atoms with van der Waals surface area (Å²) in [4.78, 5) is 27.3. The lowest BCUT2D eigenvalue weighted by molar-refractivity contribution is -0.137. The second kappa shape index (κ2) is 12.4. The number of amides is 3. The highest BCUT2D eigenvalue weighted by Gasteiger charge is 2.31. The Morgan fingerprint density at radius 3 is 2.21 bits per heavy atom. The molecule has 0 saturated carbocycles. The minimum atomic E-state index is -4.36. The Hall–Kier alpha value is -3.69. The van der Waals surface area contributed by atoms with Crippen LogP contribution in [0.25, 0.3) is 0 Å². The third kappa shape index (κ3) is 8.94. The van der Waals surface area contributed by atoms with Crippen molar-refractivity contribution in [1.82, 2.24) is 15.5 Å². The van der Waals surface area contributed by atoms with Crippen LogP contribution in [0.3, 0.4) is 0 Å². The van der Waals surface area contributed by atoms with Crippen LogP contribution in [-0.2, 0) is 10.9 Å². The average molecular weight is 547 g/mol. The van der Waals surface area contributed by atoms with Crippen LogP contribution in [0.15, 0.2) is 54.9 Å². The molecule has 0 radical (unpaired) electrons. The molecule has 1 fully saturated rings. The lowest BCUT2D eigenvalue weighted by Gasteiger charge is -2.32. The second-order valence-corrected chi connectivity index (χ2v) is 10.7. The highest BCUT2D eigenvalue weighted by atomic mass is 19.4. The summed E-state index contributed by atoms with van der Waals surface area (Å²) >= 11 is 0. The maximum absolute atomic E-state index is 13.2. The van der Waals surface area contributed by atoms with Crippen LogP contribution in [0.4, 0.5) is 23.7 Å². The molecular weight excluding hydrogens is 509 g/mol. The van der Waals surface area contributed by atoms with Crippen molar-refractivity contribution in [3.63, 3.8) is 0 Å². The molecule has 1 heterocycles. The number of benzene rings is 2. The molecule has 7 nitrogen and oxygen atoms in total. The van der Waals surface area contributed by atoms with Gasteiger partial charge in [-0.15, -0.1) is 0 Å². The predicted molar refractivity (Wildman–Crippen MR) is 146 cm³/mol. The summed E-state index contributed by atoms with van der Waals surface area (Å²) in [7, 11) is 0. The number of anilines is 1. The molecule has 212 valence electrons. The lowest BCUT2D eigenvalue weighted by atomic mass is 9.88. The van der Waals surface area contributed by atoms with Gasteiger partial charge in [-0.25, -0.2) is 4.79 Å². The molecule has 0 aromatic heterocycles. The molecule has 3 amide bonds. The second-order valence-electron chi connectivity index (χ2n) is 10.7. The fraction of sp³-hybridized carbons (Fsp3) is 0.448. The summed E-state index contributed by atoms with van der Waals surface area (Å²) in [6.07, 6.45) is -3.03. The molecular formula is C29H37F3N4O3. The Bertz CT molecular complexity index is 1170. The normalized spacial score (nSPS) is 14.5. The maximum atomic E-state index is 13.2. The zero-order valence-corrected chi connectivity index (χ0v) is 22.9. The van der Waals surface area contributed by atoms with Crippen molar-refractivity contribution in [2.45, 2.75) is 58.2 Å². The molecule has 3 N–H and O–H groups in total. The van der Waals surface area contributed by atoms with Crippen molar-refractivity contribution in [2.75, 3.05) is 31.5 Å². The molecule has 3 rings (SSSR count). The third-order valence-electron chi connectivity index (χ3n) is 6.39. The van der Waals surface area contributed by atoms with E-state index in [9.17, 15) is 22.8 Å². The van der Waals surface area contributed by atoms with Crippen molar-refractivity contribution >= 4 is 17.6 Å². The number of ether oxygens (including phenoxy) is 1. The SMILES string of the molecule is C=C(NCCNC(=O)Nc1cc(C(=O)N2CCC(c3ccc(C(F)(F)F)cc3)CC2)ccc1C)OC(C)(C)C. The zero-order valence-electron chi connectivity index (χ0n) is 22.9. The number of hydrogen-bond acceptors (Lipinski definition) is 4. The molecule has 0 aliphatic carbocycles. The largest absolute Gasteiger partial charge is 0.474 e. The Morgan fingerprint density at radius 1 is 1.00 bits per heavy atom. The zero-order chi connectivity index (χ0) is 28.8. The van der Waals surface area contributed by atoms with Crippen LogP contribution in [0.2, 0.25) is 0 Å². The fourth-order valence-electron chi connectivity index (χ4n) is 4.38. The van der Waals surface area contributed by atoms with E-state index in [4.69, 9.17) is 4.74 Å². The number of carbonyl (C=O) groups is 2. The first-order valence-electron chi connectivity index (χ1n) is 13.0. The van der Waals surface area contributed by atoms with E-state index in [2.05, 4.69) is 22.5 Å². The average Bonchev–Trinajstić information content (AvgIpc) is 2.86. The third-order valence-corrected chi connectivity index (χ3v) is 6.39. The maximum Gasteiger partial charge on any atom is 0.416 e. The van der Waals surface area contributed by atoms with Crippen LogP contribution in [-0.4, -0.2) is 48.6 Å². The topological polar surface area (TPSA) is 82.7 Å². The van der Waals surface area contributed by atoms with E-state index in [1.54, 1.807) is 23.1 Å². The smallest absolute Gasteiger partial charge is 0.416 e. The molecule has 0 spiro atoms. The van der Waals surface area contributed by atoms with Crippen molar-refractivity contribution < 1.29 is 27.5 Å². The van der Waals surface area contributed by atoms with E-state index in [-0.39, 0.29) is 17.4 Å². The van der Waals surface area contributed by atoms with Gasteiger partial charge >= 0.3 is 12.2 Å². The number of hydrogen-bond donors (Lipinski definition) is 3. The first-order valence-corrected chi connectivity index (χ1v) is 13.0. The Labute approximate surface area is 227 Å². The van der Waals surface area contributed by atoms with Crippen molar-refractivity contribution in [3.05, 3.63) is 77.2 Å². The van der Waals surface area contributed by atoms with Crippen molar-refractivity contribution in [3.8, 4) is 0 Å². The molecule has 2 aromatic carbocycles. The van der Waals surface area contributed by atoms with Crippen molar-refractivity contribution in [2.24, 2.45) is 0 Å². The van der Waals surface area contributed by atoms with Crippen LogP contribution in [0.1, 0.15) is 66.6 Å². The van der Waals surface area contributed by atoms with Crippen LogP contribution < -0.4 is 16.0 Å². The van der Waals surface area contributed by atoms with Gasteiger partial charge < -0.3 is 25.6 Å². The van der Waals surface area contributed by atoms with E-state index in [1.165, 1.54) is 12.1 Å². The van der Waals surface area contributed by atoms with Crippen molar-refractivity contribution in [1.29, 1.82) is 0 Å². The first-order chi connectivity index (χ1) is 18.2. The molecule has 1 aliphatic rings. The van der Waals surface area contributed by atoms with Gasteiger partial charge in [-0.3, -0.25) is 4.79 Å². The van der Waals surface area contributed by atoms with E-state index in [0.717, 1.165) is 23.3 Å². The molecule has 0 atom stereocenters. The van der Waals surface area contributed by atoms with Crippen LogP contribution >= 0.6 is 0 Å². The molecule has 10 heteroatoms. The van der Waals surface area contributed by atoms with Crippen LogP contribution in [0.5, 0.6) is 0 Å². The van der Waals surface area contributed by atoms with Gasteiger partial charge in [-0.2, -0.15) is 13.2 Å². The minimum Gasteiger partial charge on any atom is -0.474 e. The number of urea groups is 1. The minimum absolute atomic E-state index is 0.0990. The van der Waals surface area contributed by atoms with Gasteiger partial charge in [-0.05, 0) is 88.4 Å². The number of nitrogens with one attached hydrogen (secondary N) is 3. The number of halogens is 3. The standard InChI is InChI=1S/C29H37F3N4O3/c1-19-6-7-23(18-25(19)35-27(38)34-15-14-33-20(2)39-28(3,4)5)26(37)36-16-12-22(13-17-36)21-8-10-24(11-9-21)29(30,31)32/h6-11,18,22,33H,2,12-17H2,1,3-5H3,(H2,34,35,38). The molecule has 2 aromatic rings. The summed E-state index contributed by atoms with van der Waals surface area (Å²) in [5.74, 6) is 0.378. The summed E-state index contributed by atoms with van der Waals surface area (Å²) in [6, 6.07) is 10.1. The highest BCUT2D eigenvalue weighted by Crippen LogP contribution is 2.33. The van der Waals surface area contributed by atoms with E-state index < -0.39 is 17.8 Å². The van der Waals surface area contributed by atoms with E-state index >= 15 is 0 Å². The lowest BCUT2D eigenvalue weighted by Crippen LogP contribution is -2.38. The Balaban J connectivity index is 1.50. The van der Waals surface area contributed by atoms with Gasteiger partial charge in [-0.1, -0.05) is 18.2 Å². The number of alkyl halides is 3. The predicted octanol–water partition coefficient (Wildman–Crippen LogP) is 6.03. The summed E-state index contributed by atoms with van der Waals surface area (Å²) in [5, 5.41) is 8.55. The van der Waals surface area contributed by atoms with Crippen LogP contribution in [0, 0.1) is 6.92 Å². The number of aryl methyl sites for hydroxylation is 1. The molecule has 1 saturated heterocycles. The monoisotopic (exact) mass is 546 g/mol. The highest BCUT2D eigenvalue weighted by molar-refractivity contribution is 5.97. The summed E-state index contributed by atoms with van der Waals surface area (Å²) in [6.45, 7) is 13.2. The summed E-state index contributed by atoms with van der Waals surface area (Å²) < 4.78 is 44.1. The van der Waals surface area contributed by atoms with Gasteiger partial charge in [0.25, 0.3) is 5.91 Å². The quantitative estimate of drug-likeness (QED) is 0.279. The van der Waals surface area contributed by atoms with Gasteiger partial charge in [0, 0.05) is 37.4 Å². The van der Waals surface area contributed by atoms with Gasteiger partial charge in [0.05, 0.1) is 5.56 Å². The molecule has 0 bridgehead atoms. The molecule has 0 unspecified atom stereocenters. The fourth-order valence-corrected chi connectivity index (χ4v) is 4.38. The Kier molecular flexibility index (Phi) is 9.53. The number of piperidine rings is 1. The Morgan fingerprint density at radius 2 is 1.62 bits per heavy atom. The molecule has 39 heavy (non-hydrogen) atoms. The summed E-state index contributed by atoms with van der Waals surface area (Å²) in [5.41, 5.74) is 1.63. The number of carbonyl (C=O) groups excluding carboxylic acids is 2. The van der Waals surface area contributed by atoms with E-state index in [1.807, 2.05) is 27.7 Å².